The number of halogens is 1. The second-order valence-electron chi connectivity index (χ2n) is 8.67. The lowest BCUT2D eigenvalue weighted by Crippen LogP contribution is -2.48. The van der Waals surface area contributed by atoms with Gasteiger partial charge in [-0.25, -0.2) is 0 Å². The number of ether oxygens (including phenoxy) is 1. The number of nitrogens with zero attached hydrogens (tertiary/aromatic N) is 3. The summed E-state index contributed by atoms with van der Waals surface area (Å²) in [5, 5.41) is 1.02. The summed E-state index contributed by atoms with van der Waals surface area (Å²) in [5.41, 5.74) is 1.90. The molecule has 5 nitrogen and oxygen atoms in total. The molecule has 0 N–H and O–H groups in total. The van der Waals surface area contributed by atoms with Crippen LogP contribution < -0.4 is 4.74 Å². The Labute approximate surface area is 186 Å². The minimum atomic E-state index is 0. The zero-order valence-corrected chi connectivity index (χ0v) is 19.4. The summed E-state index contributed by atoms with van der Waals surface area (Å²) in [7, 11) is 1.73. The molecule has 2 aliphatic rings. The van der Waals surface area contributed by atoms with Crippen LogP contribution in [0.3, 0.4) is 0 Å². The van der Waals surface area contributed by atoms with Crippen LogP contribution in [-0.4, -0.2) is 60.1 Å². The number of benzene rings is 1. The quantitative estimate of drug-likeness (QED) is 0.666. The van der Waals surface area contributed by atoms with Crippen LogP contribution in [0, 0.1) is 5.92 Å². The number of fused-ring (bicyclic) bond motifs is 1. The van der Waals surface area contributed by atoms with E-state index in [2.05, 4.69) is 35.6 Å². The molecule has 6 heteroatoms. The lowest BCUT2D eigenvalue weighted by Gasteiger charge is -2.34. The van der Waals surface area contributed by atoms with E-state index in [1.165, 1.54) is 32.1 Å². The van der Waals surface area contributed by atoms with Crippen molar-refractivity contribution in [1.82, 2.24) is 14.4 Å². The lowest BCUT2D eigenvalue weighted by atomic mass is 9.84. The molecule has 1 aliphatic carbocycles. The molecule has 2 fully saturated rings. The van der Waals surface area contributed by atoms with E-state index in [9.17, 15) is 4.79 Å². The second kappa shape index (κ2) is 10.1. The summed E-state index contributed by atoms with van der Waals surface area (Å²) in [4.78, 5) is 17.9. The van der Waals surface area contributed by atoms with Gasteiger partial charge in [0.25, 0.3) is 5.91 Å². The third-order valence-corrected chi connectivity index (χ3v) is 7.14. The average molecular weight is 434 g/mol. The van der Waals surface area contributed by atoms with Crippen LogP contribution in [0.1, 0.15) is 62.4 Å². The number of carbonyl (C=O) groups excluding carboxylic acids is 1. The molecule has 1 saturated carbocycles. The van der Waals surface area contributed by atoms with Crippen molar-refractivity contribution in [3.63, 3.8) is 0 Å². The first-order valence-electron chi connectivity index (χ1n) is 11.3. The molecular weight excluding hydrogens is 398 g/mol. The molecule has 2 heterocycles. The van der Waals surface area contributed by atoms with Crippen molar-refractivity contribution in [3.05, 3.63) is 30.0 Å². The number of rotatable bonds is 5. The maximum atomic E-state index is 13.5. The summed E-state index contributed by atoms with van der Waals surface area (Å²) in [6, 6.07) is 6.47. The summed E-state index contributed by atoms with van der Waals surface area (Å²) in [6.07, 6.45) is 8.65. The Morgan fingerprint density at radius 2 is 1.83 bits per heavy atom. The molecule has 1 unspecified atom stereocenters. The Morgan fingerprint density at radius 3 is 2.47 bits per heavy atom. The van der Waals surface area contributed by atoms with Gasteiger partial charge in [-0.05, 0) is 38.3 Å². The van der Waals surface area contributed by atoms with Gasteiger partial charge in [0.05, 0.1) is 18.2 Å². The van der Waals surface area contributed by atoms with Gasteiger partial charge in [-0.2, -0.15) is 0 Å². The first kappa shape index (κ1) is 23.0. The topological polar surface area (TPSA) is 37.7 Å². The van der Waals surface area contributed by atoms with Gasteiger partial charge in [0.1, 0.15) is 5.75 Å². The SMILES string of the molecule is CCN1CCN(C(=O)c2cn(C(C)C3CCCCC3)c3c(OC)cccc23)CC1.Cl. The van der Waals surface area contributed by atoms with Crippen LogP contribution in [-0.2, 0) is 0 Å². The molecule has 1 atom stereocenters. The van der Waals surface area contributed by atoms with Crippen LogP contribution in [0.4, 0.5) is 0 Å². The van der Waals surface area contributed by atoms with Crippen LogP contribution in [0.2, 0.25) is 0 Å². The first-order chi connectivity index (χ1) is 14.1. The zero-order chi connectivity index (χ0) is 20.4. The number of carbonyl (C=O) groups is 1. The van der Waals surface area contributed by atoms with Crippen molar-refractivity contribution >= 4 is 29.2 Å². The molecule has 0 radical (unpaired) electrons. The number of methoxy groups -OCH3 is 1. The van der Waals surface area contributed by atoms with E-state index in [0.717, 1.165) is 54.9 Å². The van der Waals surface area contributed by atoms with Crippen LogP contribution in [0.25, 0.3) is 10.9 Å². The van der Waals surface area contributed by atoms with E-state index in [0.29, 0.717) is 12.0 Å². The van der Waals surface area contributed by atoms with E-state index in [1.807, 2.05) is 17.0 Å². The molecule has 1 aromatic heterocycles. The average Bonchev–Trinajstić information content (AvgIpc) is 3.18. The fourth-order valence-corrected chi connectivity index (χ4v) is 5.22. The molecule has 166 valence electrons. The smallest absolute Gasteiger partial charge is 0.256 e. The van der Waals surface area contributed by atoms with Gasteiger partial charge in [-0.3, -0.25) is 4.79 Å². The zero-order valence-electron chi connectivity index (χ0n) is 18.6. The standard InChI is InChI=1S/C24H35N3O2.ClH/c1-4-25-13-15-26(16-14-25)24(28)21-17-27(18(2)19-9-6-5-7-10-19)23-20(21)11-8-12-22(23)29-3;/h8,11-12,17-19H,4-7,9-10,13-16H2,1-3H3;1H. The minimum Gasteiger partial charge on any atom is -0.495 e. The van der Waals surface area contributed by atoms with Crippen molar-refractivity contribution in [3.8, 4) is 5.75 Å². The fraction of sp³-hybridized carbons (Fsp3) is 0.625. The van der Waals surface area contributed by atoms with E-state index < -0.39 is 0 Å². The van der Waals surface area contributed by atoms with Crippen LogP contribution in [0.15, 0.2) is 24.4 Å². The van der Waals surface area contributed by atoms with Gasteiger partial charge < -0.3 is 19.1 Å². The number of hydrogen-bond donors (Lipinski definition) is 0. The van der Waals surface area contributed by atoms with Gasteiger partial charge in [-0.1, -0.05) is 38.3 Å². The van der Waals surface area contributed by atoms with Gasteiger partial charge >= 0.3 is 0 Å². The molecular formula is C24H36ClN3O2. The Kier molecular flexibility index (Phi) is 7.70. The maximum absolute atomic E-state index is 13.5. The molecule has 1 aliphatic heterocycles. The highest BCUT2D eigenvalue weighted by Crippen LogP contribution is 2.38. The third-order valence-electron chi connectivity index (χ3n) is 7.14. The monoisotopic (exact) mass is 433 g/mol. The predicted molar refractivity (Wildman–Crippen MR) is 125 cm³/mol. The Bertz CT molecular complexity index is 851. The third kappa shape index (κ3) is 4.33. The molecule has 1 amide bonds. The van der Waals surface area contributed by atoms with Gasteiger partial charge in [-0.15, -0.1) is 12.4 Å². The summed E-state index contributed by atoms with van der Waals surface area (Å²) in [6.45, 7) is 9.09. The highest BCUT2D eigenvalue weighted by molar-refractivity contribution is 6.08. The van der Waals surface area contributed by atoms with Crippen molar-refractivity contribution < 1.29 is 9.53 Å². The molecule has 2 aromatic rings. The molecule has 0 bridgehead atoms. The molecule has 0 spiro atoms. The summed E-state index contributed by atoms with van der Waals surface area (Å²) >= 11 is 0. The number of para-hydroxylation sites is 1. The summed E-state index contributed by atoms with van der Waals surface area (Å²) in [5.74, 6) is 1.69. The molecule has 1 saturated heterocycles. The van der Waals surface area contributed by atoms with Gasteiger partial charge in [0.2, 0.25) is 0 Å². The van der Waals surface area contributed by atoms with Crippen LogP contribution >= 0.6 is 12.4 Å². The van der Waals surface area contributed by atoms with E-state index in [4.69, 9.17) is 4.74 Å². The number of aromatic nitrogens is 1. The highest BCUT2D eigenvalue weighted by atomic mass is 35.5. The van der Waals surface area contributed by atoms with Crippen molar-refractivity contribution in [2.45, 2.75) is 52.0 Å². The normalized spacial score (nSPS) is 19.5. The Balaban J connectivity index is 0.00000256. The Morgan fingerprint density at radius 1 is 1.13 bits per heavy atom. The molecule has 4 rings (SSSR count). The number of piperazine rings is 1. The lowest BCUT2D eigenvalue weighted by molar-refractivity contribution is 0.0645. The Hall–Kier alpha value is -1.72. The van der Waals surface area contributed by atoms with Crippen molar-refractivity contribution in [2.24, 2.45) is 5.92 Å². The minimum absolute atomic E-state index is 0. The maximum Gasteiger partial charge on any atom is 0.256 e. The predicted octanol–water partition coefficient (Wildman–Crippen LogP) is 4.99. The van der Waals surface area contributed by atoms with E-state index >= 15 is 0 Å². The molecule has 30 heavy (non-hydrogen) atoms. The van der Waals surface area contributed by atoms with E-state index in [-0.39, 0.29) is 18.3 Å². The van der Waals surface area contributed by atoms with Gasteiger partial charge in [0, 0.05) is 43.8 Å². The van der Waals surface area contributed by atoms with E-state index in [1.54, 1.807) is 7.11 Å². The molecule has 1 aromatic carbocycles. The number of likely N-dealkylation sites (N-methyl/N-ethyl adjacent to an activating group) is 1. The van der Waals surface area contributed by atoms with Crippen LogP contribution in [0.5, 0.6) is 5.75 Å². The van der Waals surface area contributed by atoms with Crippen molar-refractivity contribution in [1.29, 1.82) is 0 Å². The number of hydrogen-bond acceptors (Lipinski definition) is 3. The first-order valence-corrected chi connectivity index (χ1v) is 11.3. The fourth-order valence-electron chi connectivity index (χ4n) is 5.22. The highest BCUT2D eigenvalue weighted by Gasteiger charge is 2.28. The number of amides is 1. The summed E-state index contributed by atoms with van der Waals surface area (Å²) < 4.78 is 8.05. The van der Waals surface area contributed by atoms with Crippen molar-refractivity contribution in [2.75, 3.05) is 39.8 Å². The largest absolute Gasteiger partial charge is 0.495 e. The van der Waals surface area contributed by atoms with Gasteiger partial charge in [0.15, 0.2) is 0 Å². The second-order valence-corrected chi connectivity index (χ2v) is 8.67.